The van der Waals surface area contributed by atoms with Gasteiger partial charge in [0, 0.05) is 11.8 Å². The van der Waals surface area contributed by atoms with Crippen LogP contribution in [0.15, 0.2) is 16.6 Å². The molecule has 0 bridgehead atoms. The van der Waals surface area contributed by atoms with Crippen LogP contribution in [0.1, 0.15) is 0 Å². The molecule has 0 aromatic heterocycles. The Labute approximate surface area is 63.0 Å². The Balaban J connectivity index is 2.42. The monoisotopic (exact) mass is 150 g/mol. The van der Waals surface area contributed by atoms with E-state index in [1.165, 1.54) is 0 Å². The summed E-state index contributed by atoms with van der Waals surface area (Å²) in [6.45, 7) is 0.406. The Kier molecular flexibility index (Phi) is 1.15. The first-order chi connectivity index (χ1) is 5.29. The largest absolute Gasteiger partial charge is 0.292 e. The number of amides is 2. The first-order valence-corrected chi connectivity index (χ1v) is 3.34. The molecule has 2 amide bonds. The number of hydrogen-bond acceptors (Lipinski definition) is 3. The molecular formula is C7H6N2O2. The predicted molar refractivity (Wildman–Crippen MR) is 38.1 cm³/mol. The zero-order valence-corrected chi connectivity index (χ0v) is 5.70. The summed E-state index contributed by atoms with van der Waals surface area (Å²) in [4.78, 5) is 25.8. The van der Waals surface area contributed by atoms with Crippen molar-refractivity contribution in [2.45, 2.75) is 0 Å². The van der Waals surface area contributed by atoms with Gasteiger partial charge in [-0.3, -0.25) is 19.9 Å². The number of fused-ring (bicyclic) bond motifs is 1. The number of hydrogen-bond donors (Lipinski definition) is 1. The normalized spacial score (nSPS) is 28.0. The van der Waals surface area contributed by atoms with Crippen molar-refractivity contribution in [3.05, 3.63) is 11.6 Å². The molecular weight excluding hydrogens is 144 g/mol. The number of dihydropyridines is 1. The van der Waals surface area contributed by atoms with E-state index in [9.17, 15) is 9.59 Å². The zero-order valence-electron chi connectivity index (χ0n) is 5.70. The number of nitrogens with one attached hydrogen (secondary N) is 1. The van der Waals surface area contributed by atoms with E-state index in [0.717, 1.165) is 0 Å². The van der Waals surface area contributed by atoms with Crippen LogP contribution in [-0.2, 0) is 9.59 Å². The fourth-order valence-electron chi connectivity index (χ4n) is 1.24. The highest BCUT2D eigenvalue weighted by molar-refractivity contribution is 6.16. The molecule has 11 heavy (non-hydrogen) atoms. The molecule has 2 aliphatic rings. The minimum Gasteiger partial charge on any atom is -0.292 e. The van der Waals surface area contributed by atoms with Crippen LogP contribution < -0.4 is 5.32 Å². The molecule has 0 aromatic rings. The quantitative estimate of drug-likeness (QED) is 0.463. The van der Waals surface area contributed by atoms with E-state index in [0.29, 0.717) is 12.1 Å². The van der Waals surface area contributed by atoms with Crippen LogP contribution in [0.25, 0.3) is 0 Å². The third-order valence-electron chi connectivity index (χ3n) is 1.84. The average molecular weight is 150 g/mol. The molecule has 0 radical (unpaired) electrons. The summed E-state index contributed by atoms with van der Waals surface area (Å²) in [5, 5.41) is 2.23. The van der Waals surface area contributed by atoms with Gasteiger partial charge in [0.1, 0.15) is 0 Å². The highest BCUT2D eigenvalue weighted by Gasteiger charge is 2.36. The van der Waals surface area contributed by atoms with Gasteiger partial charge < -0.3 is 0 Å². The standard InChI is InChI=1S/C7H6N2O2/c10-6-4-1-2-8-3-5(4)7(11)9-6/h1-2,5H,3H2,(H,9,10,11). The summed E-state index contributed by atoms with van der Waals surface area (Å²) in [7, 11) is 0. The van der Waals surface area contributed by atoms with E-state index in [-0.39, 0.29) is 17.7 Å². The molecule has 2 aliphatic heterocycles. The molecule has 1 saturated heterocycles. The molecule has 1 N–H and O–H groups in total. The maximum atomic E-state index is 11.0. The van der Waals surface area contributed by atoms with Crippen LogP contribution in [0, 0.1) is 5.92 Å². The first kappa shape index (κ1) is 6.27. The van der Waals surface area contributed by atoms with Crippen molar-refractivity contribution in [2.24, 2.45) is 10.9 Å². The number of carbonyl (C=O) groups is 2. The molecule has 0 saturated carbocycles. The maximum absolute atomic E-state index is 11.0. The Hall–Kier alpha value is -1.45. The molecule has 1 unspecified atom stereocenters. The Morgan fingerprint density at radius 2 is 2.36 bits per heavy atom. The van der Waals surface area contributed by atoms with Crippen molar-refractivity contribution < 1.29 is 9.59 Å². The number of imide groups is 1. The smallest absolute Gasteiger partial charge is 0.254 e. The molecule has 0 aliphatic carbocycles. The molecule has 1 fully saturated rings. The van der Waals surface area contributed by atoms with Crippen molar-refractivity contribution in [1.82, 2.24) is 5.32 Å². The highest BCUT2D eigenvalue weighted by atomic mass is 16.2. The van der Waals surface area contributed by atoms with Crippen molar-refractivity contribution >= 4 is 18.0 Å². The third kappa shape index (κ3) is 0.790. The van der Waals surface area contributed by atoms with Crippen LogP contribution in [0.4, 0.5) is 0 Å². The van der Waals surface area contributed by atoms with E-state index in [1.54, 1.807) is 12.3 Å². The van der Waals surface area contributed by atoms with Crippen LogP contribution in [0.2, 0.25) is 0 Å². The molecule has 4 heteroatoms. The predicted octanol–water partition coefficient (Wildman–Crippen LogP) is -0.730. The van der Waals surface area contributed by atoms with Gasteiger partial charge in [-0.25, -0.2) is 0 Å². The Morgan fingerprint density at radius 1 is 1.55 bits per heavy atom. The minimum absolute atomic E-state index is 0.224. The van der Waals surface area contributed by atoms with Gasteiger partial charge in [0.2, 0.25) is 5.91 Å². The SMILES string of the molecule is O=C1NC(=O)C2CN=CC=C12. The fourth-order valence-corrected chi connectivity index (χ4v) is 1.24. The second-order valence-electron chi connectivity index (χ2n) is 2.51. The van der Waals surface area contributed by atoms with E-state index in [4.69, 9.17) is 0 Å². The number of allylic oxidation sites excluding steroid dienone is 1. The lowest BCUT2D eigenvalue weighted by molar-refractivity contribution is -0.125. The molecule has 0 spiro atoms. The average Bonchev–Trinajstić information content (AvgIpc) is 2.30. The molecule has 4 nitrogen and oxygen atoms in total. The molecule has 2 rings (SSSR count). The summed E-state index contributed by atoms with van der Waals surface area (Å²) < 4.78 is 0. The van der Waals surface area contributed by atoms with E-state index >= 15 is 0 Å². The fraction of sp³-hybridized carbons (Fsp3) is 0.286. The van der Waals surface area contributed by atoms with Crippen LogP contribution >= 0.6 is 0 Å². The topological polar surface area (TPSA) is 58.5 Å². The maximum Gasteiger partial charge on any atom is 0.254 e. The van der Waals surface area contributed by atoms with Crippen LogP contribution in [-0.4, -0.2) is 24.6 Å². The molecule has 0 aromatic carbocycles. The highest BCUT2D eigenvalue weighted by Crippen LogP contribution is 2.20. The lowest BCUT2D eigenvalue weighted by Crippen LogP contribution is -2.23. The van der Waals surface area contributed by atoms with E-state index < -0.39 is 0 Å². The van der Waals surface area contributed by atoms with Gasteiger partial charge in [-0.15, -0.1) is 0 Å². The number of carbonyl (C=O) groups excluding carboxylic acids is 2. The van der Waals surface area contributed by atoms with Gasteiger partial charge in [-0.2, -0.15) is 0 Å². The van der Waals surface area contributed by atoms with Crippen molar-refractivity contribution in [2.75, 3.05) is 6.54 Å². The summed E-state index contributed by atoms with van der Waals surface area (Å²) in [5.74, 6) is -0.822. The second-order valence-corrected chi connectivity index (χ2v) is 2.51. The Bertz CT molecular complexity index is 291. The lowest BCUT2D eigenvalue weighted by atomic mass is 10.0. The van der Waals surface area contributed by atoms with Crippen molar-refractivity contribution in [3.8, 4) is 0 Å². The minimum atomic E-state index is -0.326. The number of rotatable bonds is 0. The van der Waals surface area contributed by atoms with Gasteiger partial charge in [0.05, 0.1) is 12.5 Å². The molecule has 56 valence electrons. The second kappa shape index (κ2) is 2.02. The lowest BCUT2D eigenvalue weighted by Gasteiger charge is -2.05. The summed E-state index contributed by atoms with van der Waals surface area (Å²) in [6.07, 6.45) is 3.15. The van der Waals surface area contributed by atoms with Gasteiger partial charge in [0.25, 0.3) is 5.91 Å². The molecule has 1 atom stereocenters. The van der Waals surface area contributed by atoms with Gasteiger partial charge >= 0.3 is 0 Å². The van der Waals surface area contributed by atoms with Gasteiger partial charge in [-0.05, 0) is 6.08 Å². The zero-order chi connectivity index (χ0) is 7.84. The van der Waals surface area contributed by atoms with Crippen LogP contribution in [0.3, 0.4) is 0 Å². The van der Waals surface area contributed by atoms with Gasteiger partial charge in [0.15, 0.2) is 0 Å². The summed E-state index contributed by atoms with van der Waals surface area (Å²) >= 11 is 0. The van der Waals surface area contributed by atoms with Crippen molar-refractivity contribution in [1.29, 1.82) is 0 Å². The first-order valence-electron chi connectivity index (χ1n) is 3.34. The third-order valence-corrected chi connectivity index (χ3v) is 1.84. The molecule has 2 heterocycles. The summed E-state index contributed by atoms with van der Waals surface area (Å²) in [6, 6.07) is 0. The van der Waals surface area contributed by atoms with Crippen molar-refractivity contribution in [3.63, 3.8) is 0 Å². The number of aliphatic imine (C=N–C) groups is 1. The van der Waals surface area contributed by atoms with Gasteiger partial charge in [-0.1, -0.05) is 0 Å². The van der Waals surface area contributed by atoms with E-state index in [1.807, 2.05) is 0 Å². The summed E-state index contributed by atoms with van der Waals surface area (Å²) in [5.41, 5.74) is 0.546. The van der Waals surface area contributed by atoms with Crippen LogP contribution in [0.5, 0.6) is 0 Å². The van der Waals surface area contributed by atoms with E-state index in [2.05, 4.69) is 10.3 Å². The number of nitrogens with zero attached hydrogens (tertiary/aromatic N) is 1. The Morgan fingerprint density at radius 3 is 3.09 bits per heavy atom.